The SMILES string of the molecule is C=CCC(C)(CC)SC(C)(CC)CC=C. The maximum absolute atomic E-state index is 3.86. The molecule has 0 radical (unpaired) electrons. The first kappa shape index (κ1) is 14.8. The van der Waals surface area contributed by atoms with Crippen LogP contribution in [0.4, 0.5) is 0 Å². The Bertz CT molecular complexity index is 187. The fourth-order valence-electron chi connectivity index (χ4n) is 1.72. The van der Waals surface area contributed by atoms with Gasteiger partial charge in [-0.15, -0.1) is 24.9 Å². The first-order valence-corrected chi connectivity index (χ1v) is 6.69. The molecule has 0 bridgehead atoms. The minimum absolute atomic E-state index is 0.329. The molecule has 0 aliphatic heterocycles. The molecule has 0 aliphatic carbocycles. The molecule has 0 aromatic carbocycles. The number of hydrogen-bond donors (Lipinski definition) is 0. The van der Waals surface area contributed by atoms with Crippen molar-refractivity contribution in [3.8, 4) is 0 Å². The highest BCUT2D eigenvalue weighted by Gasteiger charge is 2.32. The van der Waals surface area contributed by atoms with E-state index in [0.717, 1.165) is 12.8 Å². The average molecular weight is 226 g/mol. The molecular weight excluding hydrogens is 200 g/mol. The van der Waals surface area contributed by atoms with E-state index in [1.165, 1.54) is 12.8 Å². The van der Waals surface area contributed by atoms with Gasteiger partial charge in [-0.1, -0.05) is 39.8 Å². The van der Waals surface area contributed by atoms with E-state index in [9.17, 15) is 0 Å². The van der Waals surface area contributed by atoms with Crippen molar-refractivity contribution in [1.29, 1.82) is 0 Å². The van der Waals surface area contributed by atoms with E-state index < -0.39 is 0 Å². The van der Waals surface area contributed by atoms with Crippen molar-refractivity contribution in [2.75, 3.05) is 0 Å². The van der Waals surface area contributed by atoms with Gasteiger partial charge in [-0.25, -0.2) is 0 Å². The summed E-state index contributed by atoms with van der Waals surface area (Å²) in [6, 6.07) is 0. The lowest BCUT2D eigenvalue weighted by Gasteiger charge is -2.37. The van der Waals surface area contributed by atoms with E-state index >= 15 is 0 Å². The quantitative estimate of drug-likeness (QED) is 0.512. The van der Waals surface area contributed by atoms with Crippen molar-refractivity contribution in [1.82, 2.24) is 0 Å². The highest BCUT2D eigenvalue weighted by molar-refractivity contribution is 8.02. The van der Waals surface area contributed by atoms with Gasteiger partial charge in [0.05, 0.1) is 0 Å². The molecule has 15 heavy (non-hydrogen) atoms. The fraction of sp³-hybridized carbons (Fsp3) is 0.714. The Balaban J connectivity index is 4.60. The van der Waals surface area contributed by atoms with Crippen LogP contribution in [0.3, 0.4) is 0 Å². The van der Waals surface area contributed by atoms with Crippen LogP contribution in [0.1, 0.15) is 53.4 Å². The molecule has 0 amide bonds. The lowest BCUT2D eigenvalue weighted by atomic mass is 10.0. The van der Waals surface area contributed by atoms with Gasteiger partial charge in [-0.2, -0.15) is 0 Å². The summed E-state index contributed by atoms with van der Waals surface area (Å²) in [7, 11) is 0. The molecule has 2 atom stereocenters. The maximum atomic E-state index is 3.86. The number of thioether (sulfide) groups is 1. The smallest absolute Gasteiger partial charge is 0.0169 e. The summed E-state index contributed by atoms with van der Waals surface area (Å²) in [5.74, 6) is 0. The molecule has 2 unspecified atom stereocenters. The Morgan fingerprint density at radius 3 is 1.47 bits per heavy atom. The normalized spacial score (nSPS) is 18.9. The lowest BCUT2D eigenvalue weighted by Crippen LogP contribution is -2.29. The van der Waals surface area contributed by atoms with Gasteiger partial charge >= 0.3 is 0 Å². The van der Waals surface area contributed by atoms with Crippen molar-refractivity contribution >= 4 is 11.8 Å². The second-order valence-corrected chi connectivity index (χ2v) is 6.87. The predicted molar refractivity (Wildman–Crippen MR) is 74.6 cm³/mol. The zero-order chi connectivity index (χ0) is 11.9. The van der Waals surface area contributed by atoms with Crippen LogP contribution in [-0.2, 0) is 0 Å². The monoisotopic (exact) mass is 226 g/mol. The summed E-state index contributed by atoms with van der Waals surface area (Å²) < 4.78 is 0.658. The summed E-state index contributed by atoms with van der Waals surface area (Å²) >= 11 is 2.10. The second kappa shape index (κ2) is 6.42. The molecule has 1 heteroatoms. The van der Waals surface area contributed by atoms with Crippen molar-refractivity contribution in [3.63, 3.8) is 0 Å². The average Bonchev–Trinajstić information content (AvgIpc) is 2.18. The van der Waals surface area contributed by atoms with Gasteiger partial charge in [-0.3, -0.25) is 0 Å². The third-order valence-electron chi connectivity index (χ3n) is 3.14. The number of hydrogen-bond acceptors (Lipinski definition) is 1. The summed E-state index contributed by atoms with van der Waals surface area (Å²) in [5, 5.41) is 0. The molecule has 0 saturated carbocycles. The van der Waals surface area contributed by atoms with Crippen LogP contribution < -0.4 is 0 Å². The molecule has 0 nitrogen and oxygen atoms in total. The van der Waals surface area contributed by atoms with Gasteiger partial charge in [0.2, 0.25) is 0 Å². The minimum Gasteiger partial charge on any atom is -0.148 e. The Morgan fingerprint density at radius 2 is 1.27 bits per heavy atom. The van der Waals surface area contributed by atoms with Crippen LogP contribution in [0.2, 0.25) is 0 Å². The molecule has 0 aromatic heterocycles. The Kier molecular flexibility index (Phi) is 6.35. The molecule has 0 fully saturated rings. The molecular formula is C14H26S. The molecule has 0 aliphatic rings. The van der Waals surface area contributed by atoms with E-state index in [-0.39, 0.29) is 0 Å². The van der Waals surface area contributed by atoms with Gasteiger partial charge in [0.1, 0.15) is 0 Å². The van der Waals surface area contributed by atoms with Gasteiger partial charge in [0, 0.05) is 9.49 Å². The standard InChI is InChI=1S/C14H26S/c1-7-11-13(5,9-3)15-14(6,10-4)12-8-2/h7-8H,1-2,9-12H2,3-6H3. The Hall–Kier alpha value is -0.170. The third kappa shape index (κ3) is 4.92. The van der Waals surface area contributed by atoms with E-state index in [2.05, 4.69) is 52.6 Å². The first-order valence-electron chi connectivity index (χ1n) is 5.87. The van der Waals surface area contributed by atoms with E-state index in [4.69, 9.17) is 0 Å². The van der Waals surface area contributed by atoms with E-state index in [0.29, 0.717) is 9.49 Å². The highest BCUT2D eigenvalue weighted by Crippen LogP contribution is 2.45. The summed E-state index contributed by atoms with van der Waals surface area (Å²) in [6.45, 7) is 16.9. The van der Waals surface area contributed by atoms with E-state index in [1.807, 2.05) is 12.2 Å². The topological polar surface area (TPSA) is 0 Å². The molecule has 0 aromatic rings. The number of rotatable bonds is 8. The van der Waals surface area contributed by atoms with Crippen LogP contribution in [0.5, 0.6) is 0 Å². The zero-order valence-electron chi connectivity index (χ0n) is 10.8. The van der Waals surface area contributed by atoms with Crippen LogP contribution in [0, 0.1) is 0 Å². The largest absolute Gasteiger partial charge is 0.148 e. The third-order valence-corrected chi connectivity index (χ3v) is 5.04. The van der Waals surface area contributed by atoms with Crippen molar-refractivity contribution in [2.24, 2.45) is 0 Å². The summed E-state index contributed by atoms with van der Waals surface area (Å²) in [6.07, 6.45) is 8.63. The first-order chi connectivity index (χ1) is 6.95. The zero-order valence-corrected chi connectivity index (χ0v) is 11.6. The van der Waals surface area contributed by atoms with Crippen LogP contribution in [0.25, 0.3) is 0 Å². The van der Waals surface area contributed by atoms with Crippen LogP contribution >= 0.6 is 11.8 Å². The van der Waals surface area contributed by atoms with Gasteiger partial charge in [0.25, 0.3) is 0 Å². The molecule has 0 spiro atoms. The highest BCUT2D eigenvalue weighted by atomic mass is 32.2. The maximum Gasteiger partial charge on any atom is 0.0169 e. The predicted octanol–water partition coefficient (Wildman–Crippen LogP) is 5.21. The van der Waals surface area contributed by atoms with Crippen molar-refractivity contribution in [2.45, 2.75) is 62.9 Å². The lowest BCUT2D eigenvalue weighted by molar-refractivity contribution is 0.578. The summed E-state index contributed by atoms with van der Waals surface area (Å²) in [5.41, 5.74) is 0. The van der Waals surface area contributed by atoms with E-state index in [1.54, 1.807) is 0 Å². The minimum atomic E-state index is 0.329. The molecule has 0 saturated heterocycles. The van der Waals surface area contributed by atoms with Crippen molar-refractivity contribution < 1.29 is 0 Å². The number of allylic oxidation sites excluding steroid dienone is 2. The molecule has 88 valence electrons. The van der Waals surface area contributed by atoms with Crippen molar-refractivity contribution in [3.05, 3.63) is 25.3 Å². The Morgan fingerprint density at radius 1 is 0.933 bits per heavy atom. The molecule has 0 heterocycles. The second-order valence-electron chi connectivity index (χ2n) is 4.69. The molecule has 0 rings (SSSR count). The fourth-order valence-corrected chi connectivity index (χ4v) is 3.60. The van der Waals surface area contributed by atoms with Gasteiger partial charge in [-0.05, 0) is 25.7 Å². The van der Waals surface area contributed by atoms with Crippen LogP contribution in [-0.4, -0.2) is 9.49 Å². The van der Waals surface area contributed by atoms with Crippen LogP contribution in [0.15, 0.2) is 25.3 Å². The molecule has 0 N–H and O–H groups in total. The summed E-state index contributed by atoms with van der Waals surface area (Å²) in [4.78, 5) is 0. The van der Waals surface area contributed by atoms with Gasteiger partial charge in [0.15, 0.2) is 0 Å². The Labute approximate surface area is 100 Å². The van der Waals surface area contributed by atoms with Gasteiger partial charge < -0.3 is 0 Å².